The Bertz CT molecular complexity index is 1130. The van der Waals surface area contributed by atoms with Crippen LogP contribution in [0, 0.1) is 0 Å². The maximum Gasteiger partial charge on any atom is 0.460 e. The van der Waals surface area contributed by atoms with Crippen LogP contribution in [0.4, 0.5) is 57.1 Å². The molecule has 0 saturated carbocycles. The smallest absolute Gasteiger partial charge is 0.460 e. The lowest BCUT2D eigenvalue weighted by molar-refractivity contribution is -0.436. The number of alkyl halides is 13. The van der Waals surface area contributed by atoms with Crippen LogP contribution in [-0.4, -0.2) is 61.6 Å². The molecule has 0 unspecified atom stereocenters. The van der Waals surface area contributed by atoms with Crippen molar-refractivity contribution in [2.24, 2.45) is 0 Å². The van der Waals surface area contributed by atoms with Crippen LogP contribution in [-0.2, 0) is 0 Å². The number of Topliss-reactive ketones (excluding diaryl/α,β-unsaturated/α-hetero) is 2. The highest BCUT2D eigenvalue weighted by molar-refractivity contribution is 6.28. The van der Waals surface area contributed by atoms with Crippen LogP contribution < -0.4 is 9.47 Å². The van der Waals surface area contributed by atoms with Crippen molar-refractivity contribution in [1.29, 1.82) is 0 Å². The number of hydrogen-bond donors (Lipinski definition) is 0. The molecular formula is C19H11F13O4. The van der Waals surface area contributed by atoms with E-state index in [1.165, 1.54) is 0 Å². The Morgan fingerprint density at radius 2 is 1.11 bits per heavy atom. The van der Waals surface area contributed by atoms with Gasteiger partial charge in [0.25, 0.3) is 0 Å². The van der Waals surface area contributed by atoms with E-state index >= 15 is 0 Å². The van der Waals surface area contributed by atoms with Crippen molar-refractivity contribution in [2.75, 3.05) is 14.2 Å². The Kier molecular flexibility index (Phi) is 6.70. The molecule has 1 aromatic carbocycles. The van der Waals surface area contributed by atoms with Gasteiger partial charge in [-0.15, -0.1) is 0 Å². The summed E-state index contributed by atoms with van der Waals surface area (Å²) < 4.78 is 185. The molecule has 1 aliphatic rings. The van der Waals surface area contributed by atoms with E-state index in [2.05, 4.69) is 0 Å². The number of methoxy groups -OCH3 is 2. The number of rotatable bonds is 7. The molecule has 0 atom stereocenters. The van der Waals surface area contributed by atoms with Crippen molar-refractivity contribution in [1.82, 2.24) is 0 Å². The molecule has 4 nitrogen and oxygen atoms in total. The molecule has 0 N–H and O–H groups in total. The van der Waals surface area contributed by atoms with Gasteiger partial charge in [-0.25, -0.2) is 0 Å². The molecule has 0 bridgehead atoms. The van der Waals surface area contributed by atoms with E-state index in [-0.39, 0.29) is 12.7 Å². The number of carbonyl (C=O) groups is 2. The van der Waals surface area contributed by atoms with Crippen LogP contribution in [0.15, 0.2) is 23.3 Å². The summed E-state index contributed by atoms with van der Waals surface area (Å²) in [5.41, 5.74) is -6.64. The van der Waals surface area contributed by atoms with Crippen molar-refractivity contribution in [3.8, 4) is 11.5 Å². The lowest BCUT2D eigenvalue weighted by Gasteiger charge is -2.40. The molecule has 0 fully saturated rings. The molecule has 36 heavy (non-hydrogen) atoms. The number of benzene rings is 1. The number of hydrogen-bond acceptors (Lipinski definition) is 4. The van der Waals surface area contributed by atoms with Gasteiger partial charge >= 0.3 is 35.8 Å². The molecule has 0 radical (unpaired) electrons. The third-order valence-electron chi connectivity index (χ3n) is 5.21. The first-order valence-electron chi connectivity index (χ1n) is 9.00. The Labute approximate surface area is 191 Å². The van der Waals surface area contributed by atoms with Crippen LogP contribution in [0.3, 0.4) is 0 Å². The Hall–Kier alpha value is -3.01. The molecule has 0 spiro atoms. The molecule has 2 rings (SSSR count). The highest BCUT2D eigenvalue weighted by atomic mass is 19.4. The Balaban J connectivity index is 2.80. The molecule has 1 aliphatic carbocycles. The third kappa shape index (κ3) is 3.52. The zero-order valence-electron chi connectivity index (χ0n) is 17.7. The second kappa shape index (κ2) is 8.26. The fraction of sp³-hybridized carbons (Fsp3) is 0.474. The quantitative estimate of drug-likeness (QED) is 0.383. The van der Waals surface area contributed by atoms with E-state index in [4.69, 9.17) is 9.47 Å². The molecule has 1 aromatic rings. The van der Waals surface area contributed by atoms with E-state index in [1.807, 2.05) is 0 Å². The van der Waals surface area contributed by atoms with E-state index < -0.39 is 75.4 Å². The first-order valence-corrected chi connectivity index (χ1v) is 9.00. The van der Waals surface area contributed by atoms with Gasteiger partial charge in [0.1, 0.15) is 0 Å². The van der Waals surface area contributed by atoms with Gasteiger partial charge < -0.3 is 9.47 Å². The first kappa shape index (κ1) is 29.2. The summed E-state index contributed by atoms with van der Waals surface area (Å²) >= 11 is 0. The maximum absolute atomic E-state index is 14.7. The van der Waals surface area contributed by atoms with Crippen molar-refractivity contribution < 1.29 is 76.1 Å². The molecule has 202 valence electrons. The minimum Gasteiger partial charge on any atom is -0.493 e. The molecule has 0 aromatic heterocycles. The van der Waals surface area contributed by atoms with Gasteiger partial charge in [0.05, 0.1) is 25.4 Å². The van der Waals surface area contributed by atoms with Gasteiger partial charge in [0.2, 0.25) is 0 Å². The van der Waals surface area contributed by atoms with Gasteiger partial charge in [0, 0.05) is 11.1 Å². The van der Waals surface area contributed by atoms with Gasteiger partial charge in [-0.1, -0.05) is 0 Å². The number of carbonyl (C=O) groups excluding carboxylic acids is 2. The van der Waals surface area contributed by atoms with Crippen LogP contribution in [0.25, 0.3) is 0 Å². The third-order valence-corrected chi connectivity index (χ3v) is 5.21. The van der Waals surface area contributed by atoms with Crippen molar-refractivity contribution >= 4 is 11.6 Å². The average Bonchev–Trinajstić information content (AvgIpc) is 2.74. The fourth-order valence-corrected chi connectivity index (χ4v) is 3.25. The van der Waals surface area contributed by atoms with Crippen LogP contribution in [0.5, 0.6) is 11.5 Å². The van der Waals surface area contributed by atoms with Crippen molar-refractivity contribution in [2.45, 2.75) is 42.7 Å². The normalized spacial score (nSPS) is 16.3. The molecular weight excluding hydrogens is 539 g/mol. The van der Waals surface area contributed by atoms with Gasteiger partial charge in [-0.2, -0.15) is 57.1 Å². The van der Waals surface area contributed by atoms with Crippen LogP contribution >= 0.6 is 0 Å². The molecule has 0 aliphatic heterocycles. The highest BCUT2D eigenvalue weighted by Crippen LogP contribution is 2.62. The lowest BCUT2D eigenvalue weighted by atomic mass is 9.78. The van der Waals surface area contributed by atoms with Crippen molar-refractivity contribution in [3.05, 3.63) is 34.4 Å². The van der Waals surface area contributed by atoms with Gasteiger partial charge in [-0.3, -0.25) is 9.59 Å². The zero-order chi connectivity index (χ0) is 28.4. The predicted molar refractivity (Wildman–Crippen MR) is 91.7 cm³/mol. The zero-order valence-corrected chi connectivity index (χ0v) is 17.7. The summed E-state index contributed by atoms with van der Waals surface area (Å²) in [4.78, 5) is 25.2. The first-order chi connectivity index (χ1) is 16.0. The van der Waals surface area contributed by atoms with Crippen LogP contribution in [0.1, 0.15) is 27.6 Å². The van der Waals surface area contributed by atoms with E-state index in [9.17, 15) is 66.7 Å². The lowest BCUT2D eigenvalue weighted by Crippen LogP contribution is -2.70. The summed E-state index contributed by atoms with van der Waals surface area (Å²) in [5.74, 6) is -43.8. The summed E-state index contributed by atoms with van der Waals surface area (Å²) in [6.07, 6.45) is -7.58. The topological polar surface area (TPSA) is 52.6 Å². The number of fused-ring (bicyclic) bond motifs is 1. The molecule has 0 saturated heterocycles. The summed E-state index contributed by atoms with van der Waals surface area (Å²) in [7, 11) is 1.90. The maximum atomic E-state index is 14.7. The van der Waals surface area contributed by atoms with Gasteiger partial charge in [0.15, 0.2) is 23.1 Å². The Morgan fingerprint density at radius 1 is 0.639 bits per heavy atom. The largest absolute Gasteiger partial charge is 0.493 e. The standard InChI is InChI=1S/C19H11F13O4/c1-6-10(12(34)7-4-5-8(35-2)13(36-3)9(7)11(6)33)14(20,21)15(22,23)16(24,25)17(26,27)18(28,29)19(30,31)32/h4-5H,1-3H3. The number of ketones is 2. The average molecular weight is 550 g/mol. The molecule has 0 amide bonds. The fourth-order valence-electron chi connectivity index (χ4n) is 3.25. The van der Waals surface area contributed by atoms with Crippen LogP contribution in [0.2, 0.25) is 0 Å². The minimum atomic E-state index is -8.14. The molecule has 17 heteroatoms. The monoisotopic (exact) mass is 550 g/mol. The van der Waals surface area contributed by atoms with E-state index in [1.54, 1.807) is 0 Å². The minimum absolute atomic E-state index is 0.210. The van der Waals surface area contributed by atoms with E-state index in [0.717, 1.165) is 20.3 Å². The number of ether oxygens (including phenoxy) is 2. The second-order valence-corrected chi connectivity index (χ2v) is 7.25. The van der Waals surface area contributed by atoms with E-state index in [0.29, 0.717) is 6.07 Å². The molecule has 0 heterocycles. The number of allylic oxidation sites excluding steroid dienone is 2. The van der Waals surface area contributed by atoms with Gasteiger partial charge in [-0.05, 0) is 19.1 Å². The highest BCUT2D eigenvalue weighted by Gasteiger charge is 2.91. The second-order valence-electron chi connectivity index (χ2n) is 7.25. The summed E-state index contributed by atoms with van der Waals surface area (Å²) in [5, 5.41) is 0. The Morgan fingerprint density at radius 3 is 1.53 bits per heavy atom. The summed E-state index contributed by atoms with van der Waals surface area (Å²) in [6.45, 7) is 0.210. The summed E-state index contributed by atoms with van der Waals surface area (Å²) in [6, 6.07) is 1.30. The predicted octanol–water partition coefficient (Wildman–Crippen LogP) is 6.14. The van der Waals surface area contributed by atoms with Crippen molar-refractivity contribution in [3.63, 3.8) is 0 Å². The number of halogens is 13. The SMILES string of the molecule is COc1ccc2c(c1OC)C(=O)C(C)=C(C(F)(F)C(F)(F)C(F)(F)C(F)(F)C(F)(F)C(F)(F)F)C2=O.